The monoisotopic (exact) mass is 205 g/mol. The van der Waals surface area contributed by atoms with Crippen LogP contribution in [0.2, 0.25) is 0 Å². The Kier molecular flexibility index (Phi) is 2.62. The maximum absolute atomic E-state index is 11.7. The Morgan fingerprint density at radius 2 is 1.93 bits per heavy atom. The molecule has 2 rings (SSSR count). The number of cyclic esters (lactones) is 1. The second-order valence-corrected chi connectivity index (χ2v) is 4.01. The Morgan fingerprint density at radius 3 is 2.60 bits per heavy atom. The van der Waals surface area contributed by atoms with E-state index in [4.69, 9.17) is 4.74 Å². The van der Waals surface area contributed by atoms with Gasteiger partial charge in [0.1, 0.15) is 6.10 Å². The van der Waals surface area contributed by atoms with E-state index in [9.17, 15) is 4.79 Å². The number of rotatable bonds is 1. The molecule has 1 amide bonds. The fourth-order valence-electron chi connectivity index (χ4n) is 1.67. The van der Waals surface area contributed by atoms with Crippen LogP contribution in [0, 0.1) is 5.92 Å². The van der Waals surface area contributed by atoms with Crippen molar-refractivity contribution in [2.45, 2.75) is 20.0 Å². The lowest BCUT2D eigenvalue weighted by molar-refractivity contribution is 0.0649. The van der Waals surface area contributed by atoms with Crippen molar-refractivity contribution in [2.24, 2.45) is 5.92 Å². The highest BCUT2D eigenvalue weighted by atomic mass is 16.6. The number of ether oxygens (including phenoxy) is 1. The molecule has 0 spiro atoms. The number of anilines is 1. The van der Waals surface area contributed by atoms with Gasteiger partial charge in [0.25, 0.3) is 0 Å². The van der Waals surface area contributed by atoms with E-state index >= 15 is 0 Å². The van der Waals surface area contributed by atoms with Gasteiger partial charge in [-0.15, -0.1) is 0 Å². The Morgan fingerprint density at radius 1 is 1.27 bits per heavy atom. The van der Waals surface area contributed by atoms with Gasteiger partial charge in [-0.2, -0.15) is 0 Å². The van der Waals surface area contributed by atoms with Crippen LogP contribution in [0.1, 0.15) is 13.8 Å². The van der Waals surface area contributed by atoms with Crippen LogP contribution in [0.5, 0.6) is 0 Å². The maximum atomic E-state index is 11.7. The lowest BCUT2D eigenvalue weighted by Gasteiger charge is -2.34. The number of nitrogens with zero attached hydrogens (tertiary/aromatic N) is 1. The normalized spacial score (nSPS) is 26.3. The van der Waals surface area contributed by atoms with Crippen LogP contribution in [-0.4, -0.2) is 18.7 Å². The predicted molar refractivity (Wildman–Crippen MR) is 58.9 cm³/mol. The highest BCUT2D eigenvalue weighted by molar-refractivity contribution is 5.88. The molecule has 1 fully saturated rings. The van der Waals surface area contributed by atoms with Gasteiger partial charge in [0.15, 0.2) is 0 Å². The highest BCUT2D eigenvalue weighted by Crippen LogP contribution is 2.23. The summed E-state index contributed by atoms with van der Waals surface area (Å²) in [6, 6.07) is 9.62. The zero-order valence-electron chi connectivity index (χ0n) is 9.01. The van der Waals surface area contributed by atoms with Crippen molar-refractivity contribution in [1.29, 1.82) is 0 Å². The Bertz CT molecular complexity index is 350. The SMILES string of the molecule is C[C@@H]1CN(c2ccccc2)C(=O)O[C@@H]1C. The molecule has 1 aromatic carbocycles. The van der Waals surface area contributed by atoms with Crippen molar-refractivity contribution in [3.63, 3.8) is 0 Å². The topological polar surface area (TPSA) is 29.5 Å². The number of hydrogen-bond donors (Lipinski definition) is 0. The van der Waals surface area contributed by atoms with Gasteiger partial charge in [-0.25, -0.2) is 4.79 Å². The highest BCUT2D eigenvalue weighted by Gasteiger charge is 2.30. The first-order chi connectivity index (χ1) is 7.18. The smallest absolute Gasteiger partial charge is 0.414 e. The van der Waals surface area contributed by atoms with Gasteiger partial charge in [0, 0.05) is 18.2 Å². The maximum Gasteiger partial charge on any atom is 0.414 e. The van der Waals surface area contributed by atoms with Crippen LogP contribution in [0.4, 0.5) is 10.5 Å². The third-order valence-electron chi connectivity index (χ3n) is 2.85. The van der Waals surface area contributed by atoms with E-state index in [0.29, 0.717) is 5.92 Å². The minimum absolute atomic E-state index is 0.0115. The van der Waals surface area contributed by atoms with Crippen molar-refractivity contribution >= 4 is 11.8 Å². The molecule has 1 saturated heterocycles. The molecule has 0 radical (unpaired) electrons. The number of carbonyl (C=O) groups excluding carboxylic acids is 1. The third kappa shape index (κ3) is 1.96. The minimum Gasteiger partial charge on any atom is -0.446 e. The van der Waals surface area contributed by atoms with E-state index < -0.39 is 0 Å². The summed E-state index contributed by atoms with van der Waals surface area (Å²) in [6.45, 7) is 4.75. The van der Waals surface area contributed by atoms with Crippen molar-refractivity contribution in [2.75, 3.05) is 11.4 Å². The summed E-state index contributed by atoms with van der Waals surface area (Å²) in [5.41, 5.74) is 0.904. The molecule has 0 bridgehead atoms. The number of amides is 1. The van der Waals surface area contributed by atoms with Gasteiger partial charge in [-0.1, -0.05) is 25.1 Å². The average Bonchev–Trinajstić information content (AvgIpc) is 2.25. The van der Waals surface area contributed by atoms with Gasteiger partial charge in [0.05, 0.1) is 0 Å². The molecular weight excluding hydrogens is 190 g/mol. The molecule has 1 aliphatic heterocycles. The summed E-state index contributed by atoms with van der Waals surface area (Å²) >= 11 is 0. The molecule has 3 heteroatoms. The average molecular weight is 205 g/mol. The van der Waals surface area contributed by atoms with Crippen molar-refractivity contribution in [3.05, 3.63) is 30.3 Å². The van der Waals surface area contributed by atoms with Gasteiger partial charge in [0.2, 0.25) is 0 Å². The zero-order chi connectivity index (χ0) is 10.8. The lowest BCUT2D eigenvalue weighted by atomic mass is 10.0. The molecule has 15 heavy (non-hydrogen) atoms. The summed E-state index contributed by atoms with van der Waals surface area (Å²) in [5.74, 6) is 0.364. The van der Waals surface area contributed by atoms with E-state index in [2.05, 4.69) is 6.92 Å². The first kappa shape index (κ1) is 10.0. The molecule has 1 aromatic rings. The van der Waals surface area contributed by atoms with E-state index in [1.807, 2.05) is 37.3 Å². The molecule has 0 N–H and O–H groups in total. The Hall–Kier alpha value is -1.51. The van der Waals surface area contributed by atoms with E-state index in [-0.39, 0.29) is 12.2 Å². The molecule has 3 nitrogen and oxygen atoms in total. The van der Waals surface area contributed by atoms with Gasteiger partial charge in [-0.05, 0) is 19.1 Å². The van der Waals surface area contributed by atoms with Gasteiger partial charge in [-0.3, -0.25) is 4.90 Å². The number of para-hydroxylation sites is 1. The van der Waals surface area contributed by atoms with Crippen LogP contribution in [0.25, 0.3) is 0 Å². The Balaban J connectivity index is 2.20. The molecule has 0 unspecified atom stereocenters. The number of carbonyl (C=O) groups is 1. The van der Waals surface area contributed by atoms with E-state index in [1.165, 1.54) is 0 Å². The molecular formula is C12H15NO2. The quantitative estimate of drug-likeness (QED) is 0.705. The molecule has 0 aliphatic carbocycles. The van der Waals surface area contributed by atoms with E-state index in [0.717, 1.165) is 12.2 Å². The predicted octanol–water partition coefficient (Wildman–Crippen LogP) is 2.67. The lowest BCUT2D eigenvalue weighted by Crippen LogP contribution is -2.46. The molecule has 0 aromatic heterocycles. The van der Waals surface area contributed by atoms with Crippen molar-refractivity contribution < 1.29 is 9.53 Å². The second-order valence-electron chi connectivity index (χ2n) is 4.01. The van der Waals surface area contributed by atoms with Crippen LogP contribution >= 0.6 is 0 Å². The fraction of sp³-hybridized carbons (Fsp3) is 0.417. The minimum atomic E-state index is -0.244. The molecule has 80 valence electrons. The summed E-state index contributed by atoms with van der Waals surface area (Å²) < 4.78 is 5.25. The Labute approximate surface area is 89.7 Å². The van der Waals surface area contributed by atoms with Gasteiger partial charge >= 0.3 is 6.09 Å². The largest absolute Gasteiger partial charge is 0.446 e. The second kappa shape index (κ2) is 3.93. The van der Waals surface area contributed by atoms with Crippen LogP contribution in [0.15, 0.2) is 30.3 Å². The van der Waals surface area contributed by atoms with E-state index in [1.54, 1.807) is 4.90 Å². The molecule has 0 saturated carbocycles. The fourth-order valence-corrected chi connectivity index (χ4v) is 1.67. The van der Waals surface area contributed by atoms with Crippen LogP contribution < -0.4 is 4.90 Å². The first-order valence-corrected chi connectivity index (χ1v) is 5.21. The summed E-state index contributed by atoms with van der Waals surface area (Å²) in [6.07, 6.45) is -0.232. The molecule has 1 aliphatic rings. The molecule has 1 heterocycles. The third-order valence-corrected chi connectivity index (χ3v) is 2.85. The van der Waals surface area contributed by atoms with Crippen LogP contribution in [-0.2, 0) is 4.74 Å². The number of hydrogen-bond acceptors (Lipinski definition) is 2. The molecule has 2 atom stereocenters. The van der Waals surface area contributed by atoms with Crippen molar-refractivity contribution in [1.82, 2.24) is 0 Å². The standard InChI is InChI=1S/C12H15NO2/c1-9-8-13(12(14)15-10(9)2)11-6-4-3-5-7-11/h3-7,9-10H,8H2,1-2H3/t9-,10-/m1/s1. The number of benzene rings is 1. The first-order valence-electron chi connectivity index (χ1n) is 5.21. The summed E-state index contributed by atoms with van der Waals surface area (Å²) in [5, 5.41) is 0. The van der Waals surface area contributed by atoms with Crippen LogP contribution in [0.3, 0.4) is 0 Å². The summed E-state index contributed by atoms with van der Waals surface area (Å²) in [4.78, 5) is 13.3. The zero-order valence-corrected chi connectivity index (χ0v) is 9.01. The van der Waals surface area contributed by atoms with Crippen molar-refractivity contribution in [3.8, 4) is 0 Å². The van der Waals surface area contributed by atoms with Gasteiger partial charge < -0.3 is 4.74 Å². The summed E-state index contributed by atoms with van der Waals surface area (Å²) in [7, 11) is 0.